The van der Waals surface area contributed by atoms with Crippen LogP contribution < -0.4 is 21.7 Å². The maximum Gasteiger partial charge on any atom is 0.309 e. The first kappa shape index (κ1) is 47.2. The number of nitrogens with one attached hydrogen (secondary N) is 3. The van der Waals surface area contributed by atoms with E-state index in [0.717, 1.165) is 51.6 Å². The maximum absolute atomic E-state index is 14.8. The zero-order chi connectivity index (χ0) is 41.4. The number of ether oxygens (including phenoxy) is 1. The molecule has 316 valence electrons. The van der Waals surface area contributed by atoms with Crippen LogP contribution in [0, 0.1) is 23.1 Å². The SMILES string of the molecule is CCCCCCN(C(=O)[C@@H](NCC1CCCCN1)[C@@H](C)CC)[C@H](C[C@@H](OCC)c1nc(C(=O)N[C@@H](Cc2ccc(N)c(F)c2)CC(C)(C)C(=O)O)cs1)C(C)C. The van der Waals surface area contributed by atoms with Gasteiger partial charge in [-0.3, -0.25) is 14.4 Å². The molecule has 6 N–H and O–H groups in total. The molecule has 3 rings (SSSR count). The quantitative estimate of drug-likeness (QED) is 0.0500. The van der Waals surface area contributed by atoms with Crippen LogP contribution >= 0.6 is 11.3 Å². The summed E-state index contributed by atoms with van der Waals surface area (Å²) in [7, 11) is 0. The number of unbranched alkanes of at least 4 members (excludes halogenated alkanes) is 3. The molecule has 1 aliphatic rings. The van der Waals surface area contributed by atoms with Gasteiger partial charge in [-0.05, 0) is 89.0 Å². The minimum absolute atomic E-state index is 0.0157. The summed E-state index contributed by atoms with van der Waals surface area (Å²) in [6.07, 6.45) is 8.97. The molecule has 0 spiro atoms. The molecule has 0 aliphatic carbocycles. The summed E-state index contributed by atoms with van der Waals surface area (Å²) < 4.78 is 20.7. The number of carboxylic acids is 1. The van der Waals surface area contributed by atoms with Gasteiger partial charge in [0.05, 0.1) is 17.1 Å². The Morgan fingerprint density at radius 1 is 1.14 bits per heavy atom. The topological polar surface area (TPSA) is 159 Å². The molecule has 0 saturated carbocycles. The van der Waals surface area contributed by atoms with Crippen molar-refractivity contribution in [2.24, 2.45) is 17.3 Å². The van der Waals surface area contributed by atoms with Gasteiger partial charge in [-0.1, -0.05) is 72.8 Å². The number of aromatic nitrogens is 1. The number of carbonyl (C=O) groups excluding carboxylic acids is 2. The Balaban J connectivity index is 1.88. The fourth-order valence-electron chi connectivity index (χ4n) is 7.54. The van der Waals surface area contributed by atoms with Crippen LogP contribution in [0.3, 0.4) is 0 Å². The predicted molar refractivity (Wildman–Crippen MR) is 224 cm³/mol. The number of amides is 2. The minimum atomic E-state index is -1.15. The van der Waals surface area contributed by atoms with E-state index in [0.29, 0.717) is 36.2 Å². The van der Waals surface area contributed by atoms with Crippen molar-refractivity contribution in [1.29, 1.82) is 0 Å². The van der Waals surface area contributed by atoms with Gasteiger partial charge >= 0.3 is 5.97 Å². The lowest BCUT2D eigenvalue weighted by Crippen LogP contribution is -2.56. The highest BCUT2D eigenvalue weighted by Gasteiger charge is 2.37. The summed E-state index contributed by atoms with van der Waals surface area (Å²) in [6, 6.07) is 3.76. The molecule has 1 aromatic heterocycles. The van der Waals surface area contributed by atoms with Crippen molar-refractivity contribution < 1.29 is 28.6 Å². The summed E-state index contributed by atoms with van der Waals surface area (Å²) in [5.74, 6) is -1.60. The Bertz CT molecular complexity index is 1520. The number of hydrogen-bond donors (Lipinski definition) is 5. The number of hydrogen-bond acceptors (Lipinski definition) is 9. The fraction of sp³-hybridized carbons (Fsp3) is 0.721. The third kappa shape index (κ3) is 14.4. The Kier molecular flexibility index (Phi) is 19.7. The van der Waals surface area contributed by atoms with E-state index in [-0.39, 0.29) is 54.0 Å². The first-order chi connectivity index (χ1) is 26.6. The Morgan fingerprint density at radius 3 is 2.50 bits per heavy atom. The number of anilines is 1. The van der Waals surface area contributed by atoms with E-state index in [1.54, 1.807) is 25.3 Å². The van der Waals surface area contributed by atoms with Crippen LogP contribution in [0.1, 0.15) is 147 Å². The minimum Gasteiger partial charge on any atom is -0.481 e. The number of nitrogens with zero attached hydrogens (tertiary/aromatic N) is 2. The van der Waals surface area contributed by atoms with E-state index in [2.05, 4.69) is 55.5 Å². The van der Waals surface area contributed by atoms with Gasteiger partial charge in [-0.15, -0.1) is 11.3 Å². The number of nitrogens with two attached hydrogens (primary N) is 1. The second-order valence-corrected chi connectivity index (χ2v) is 17.6. The van der Waals surface area contributed by atoms with E-state index in [1.807, 2.05) is 6.92 Å². The van der Waals surface area contributed by atoms with Gasteiger partial charge in [-0.2, -0.15) is 0 Å². The number of piperidine rings is 1. The summed E-state index contributed by atoms with van der Waals surface area (Å²) in [6.45, 7) is 18.8. The van der Waals surface area contributed by atoms with E-state index >= 15 is 0 Å². The molecule has 1 aliphatic heterocycles. The van der Waals surface area contributed by atoms with Crippen molar-refractivity contribution in [2.75, 3.05) is 32.0 Å². The lowest BCUT2D eigenvalue weighted by molar-refractivity contribution is -0.147. The van der Waals surface area contributed by atoms with Gasteiger partial charge in [0, 0.05) is 49.6 Å². The van der Waals surface area contributed by atoms with E-state index < -0.39 is 35.3 Å². The van der Waals surface area contributed by atoms with Gasteiger partial charge in [0.15, 0.2) is 0 Å². The fourth-order valence-corrected chi connectivity index (χ4v) is 8.40. The molecule has 2 heterocycles. The molecule has 0 radical (unpaired) electrons. The Labute approximate surface area is 339 Å². The van der Waals surface area contributed by atoms with Crippen LogP contribution in [-0.4, -0.2) is 83.2 Å². The van der Waals surface area contributed by atoms with E-state index in [1.165, 1.54) is 36.3 Å². The lowest BCUT2D eigenvalue weighted by Gasteiger charge is -2.40. The molecule has 2 amide bonds. The summed E-state index contributed by atoms with van der Waals surface area (Å²) in [5, 5.41) is 22.5. The van der Waals surface area contributed by atoms with Crippen molar-refractivity contribution in [3.05, 3.63) is 45.7 Å². The molecule has 1 aromatic carbocycles. The predicted octanol–water partition coefficient (Wildman–Crippen LogP) is 7.75. The number of carboxylic acid groups (broad SMARTS) is 1. The molecule has 0 bridgehead atoms. The van der Waals surface area contributed by atoms with E-state index in [9.17, 15) is 23.9 Å². The van der Waals surface area contributed by atoms with Gasteiger partial charge in [0.25, 0.3) is 5.91 Å². The van der Waals surface area contributed by atoms with Crippen LogP contribution in [0.15, 0.2) is 23.6 Å². The Morgan fingerprint density at radius 2 is 1.89 bits per heavy atom. The second kappa shape index (κ2) is 23.3. The van der Waals surface area contributed by atoms with Crippen LogP contribution in [0.4, 0.5) is 10.1 Å². The second-order valence-electron chi connectivity index (χ2n) is 16.7. The third-order valence-corrected chi connectivity index (χ3v) is 12.2. The molecule has 13 heteroatoms. The van der Waals surface area contributed by atoms with Gasteiger partial charge in [0.1, 0.15) is 22.6 Å². The monoisotopic (exact) mass is 803 g/mol. The molecule has 2 aromatic rings. The number of nitrogen functional groups attached to an aromatic ring is 1. The summed E-state index contributed by atoms with van der Waals surface area (Å²) in [5.41, 5.74) is 5.33. The number of rotatable bonds is 25. The lowest BCUT2D eigenvalue weighted by atomic mass is 9.84. The normalized spacial score (nSPS) is 17.6. The third-order valence-electron chi connectivity index (χ3n) is 11.3. The first-order valence-corrected chi connectivity index (χ1v) is 21.9. The highest BCUT2D eigenvalue weighted by Crippen LogP contribution is 2.32. The molecule has 1 saturated heterocycles. The van der Waals surface area contributed by atoms with Gasteiger partial charge < -0.3 is 36.4 Å². The average Bonchev–Trinajstić information content (AvgIpc) is 3.66. The molecule has 11 nitrogen and oxygen atoms in total. The van der Waals surface area contributed by atoms with Gasteiger partial charge in [-0.25, -0.2) is 9.37 Å². The smallest absolute Gasteiger partial charge is 0.309 e. The maximum atomic E-state index is 14.8. The molecule has 6 atom stereocenters. The highest BCUT2D eigenvalue weighted by molar-refractivity contribution is 7.09. The van der Waals surface area contributed by atoms with Crippen LogP contribution in [0.2, 0.25) is 0 Å². The molecule has 1 unspecified atom stereocenters. The average molecular weight is 803 g/mol. The number of thiazole rings is 1. The molecule has 1 fully saturated rings. The highest BCUT2D eigenvalue weighted by atomic mass is 32.1. The van der Waals surface area contributed by atoms with Crippen molar-refractivity contribution in [3.8, 4) is 0 Å². The number of carbonyl (C=O) groups is 3. The first-order valence-electron chi connectivity index (χ1n) is 21.0. The number of benzene rings is 1. The van der Waals surface area contributed by atoms with Crippen LogP contribution in [0.25, 0.3) is 0 Å². The largest absolute Gasteiger partial charge is 0.481 e. The molecular weight excluding hydrogens is 732 g/mol. The zero-order valence-corrected chi connectivity index (χ0v) is 36.1. The molecular formula is C43H71FN6O5S. The summed E-state index contributed by atoms with van der Waals surface area (Å²) >= 11 is 1.34. The number of aliphatic carboxylic acids is 1. The summed E-state index contributed by atoms with van der Waals surface area (Å²) in [4.78, 5) is 47.5. The van der Waals surface area contributed by atoms with Crippen molar-refractivity contribution >= 4 is 34.8 Å². The van der Waals surface area contributed by atoms with Gasteiger partial charge in [0.2, 0.25) is 5.91 Å². The van der Waals surface area contributed by atoms with Crippen molar-refractivity contribution in [3.63, 3.8) is 0 Å². The standard InChI is InChI=1S/C43H71FN6O5S/c1-9-12-13-16-21-50(41(52)38(29(6)10-2)47-26-31-17-14-15-20-46-31)36(28(4)5)24-37(55-11-3)40-49-35(27-56-40)39(51)48-32(25-43(7,8)42(53)54)22-30-18-19-34(45)33(44)23-30/h18-19,23,27-29,31-32,36-38,46-47H,9-17,20-22,24-26,45H2,1-8H3,(H,48,51)(H,53,54)/t29-,31?,32-,36+,37+,38-/m0/s1. The van der Waals surface area contributed by atoms with Crippen molar-refractivity contribution in [2.45, 2.75) is 156 Å². The Hall–Kier alpha value is -3.13. The molecule has 56 heavy (non-hydrogen) atoms. The van der Waals surface area contributed by atoms with Crippen molar-refractivity contribution in [1.82, 2.24) is 25.8 Å². The van der Waals surface area contributed by atoms with E-state index in [4.69, 9.17) is 15.5 Å². The van der Waals surface area contributed by atoms with Crippen LogP contribution in [0.5, 0.6) is 0 Å². The zero-order valence-electron chi connectivity index (χ0n) is 35.3. The number of halogens is 1. The van der Waals surface area contributed by atoms with Crippen LogP contribution in [-0.2, 0) is 20.7 Å².